The Morgan fingerprint density at radius 2 is 1.95 bits per heavy atom. The highest BCUT2D eigenvalue weighted by Gasteiger charge is 2.21. The third-order valence-electron chi connectivity index (χ3n) is 3.39. The van der Waals surface area contributed by atoms with Crippen LogP contribution in [0.1, 0.15) is 45.7 Å². The number of carbonyl (C=O) groups is 2. The number of nitrogens with one attached hydrogen (secondary N) is 1. The second-order valence-corrected chi connectivity index (χ2v) is 6.05. The van der Waals surface area contributed by atoms with Crippen molar-refractivity contribution in [1.29, 1.82) is 0 Å². The van der Waals surface area contributed by atoms with Crippen molar-refractivity contribution in [2.75, 3.05) is 5.32 Å². The third kappa shape index (κ3) is 3.51. The molecule has 0 bridgehead atoms. The number of aromatic nitrogens is 1. The fourth-order valence-corrected chi connectivity index (χ4v) is 2.93. The number of carboxylic acids is 1. The third-order valence-corrected chi connectivity index (χ3v) is 4.71. The summed E-state index contributed by atoms with van der Waals surface area (Å²) < 4.78 is 0. The lowest BCUT2D eigenvalue weighted by molar-refractivity contribution is -0.254. The number of benzene rings is 1. The standard InChI is InChI=1S/C16H18N2O3S/c1-4-11-5-7-12(8-6-11)18-14(19)9(2)15-17-10(3)13(22-15)16(20)21/h5-9H,4H2,1-3H3,(H,18,19)(H,20,21)/p-1/t9-/m1/s1. The van der Waals surface area contributed by atoms with Crippen LogP contribution in [0.3, 0.4) is 0 Å². The molecule has 2 rings (SSSR count). The molecule has 1 aromatic heterocycles. The highest BCUT2D eigenvalue weighted by atomic mass is 32.1. The number of carbonyl (C=O) groups excluding carboxylic acids is 2. The molecule has 1 heterocycles. The van der Waals surface area contributed by atoms with Gasteiger partial charge in [-0.2, -0.15) is 0 Å². The predicted octanol–water partition coefficient (Wildman–Crippen LogP) is 2.12. The number of nitrogens with zero attached hydrogens (tertiary/aromatic N) is 1. The molecular formula is C16H17N2O3S-. The van der Waals surface area contributed by atoms with Crippen LogP contribution in [0.5, 0.6) is 0 Å². The lowest BCUT2D eigenvalue weighted by Gasteiger charge is -2.10. The van der Waals surface area contributed by atoms with Gasteiger partial charge < -0.3 is 15.2 Å². The van der Waals surface area contributed by atoms with Crippen molar-refractivity contribution in [2.24, 2.45) is 0 Å². The Labute approximate surface area is 133 Å². The van der Waals surface area contributed by atoms with E-state index in [2.05, 4.69) is 17.2 Å². The normalized spacial score (nSPS) is 12.0. The SMILES string of the molecule is CCc1ccc(NC(=O)[C@@H](C)c2nc(C)c(C(=O)[O-])s2)cc1. The summed E-state index contributed by atoms with van der Waals surface area (Å²) in [7, 11) is 0. The zero-order chi connectivity index (χ0) is 16.3. The Hall–Kier alpha value is -2.21. The molecule has 0 aliphatic carbocycles. The van der Waals surface area contributed by atoms with E-state index in [1.165, 1.54) is 5.56 Å². The molecule has 22 heavy (non-hydrogen) atoms. The van der Waals surface area contributed by atoms with Gasteiger partial charge in [0.1, 0.15) is 5.01 Å². The second kappa shape index (κ2) is 6.70. The van der Waals surface area contributed by atoms with Gasteiger partial charge >= 0.3 is 0 Å². The Kier molecular flexibility index (Phi) is 4.92. The molecule has 116 valence electrons. The molecule has 1 aromatic carbocycles. The monoisotopic (exact) mass is 317 g/mol. The van der Waals surface area contributed by atoms with Crippen LogP contribution in [-0.2, 0) is 11.2 Å². The van der Waals surface area contributed by atoms with Crippen LogP contribution in [0.25, 0.3) is 0 Å². The molecule has 2 aromatic rings. The number of aromatic carboxylic acids is 1. The van der Waals surface area contributed by atoms with Gasteiger partial charge in [-0.15, -0.1) is 11.3 Å². The van der Waals surface area contributed by atoms with Crippen molar-refractivity contribution < 1.29 is 14.7 Å². The van der Waals surface area contributed by atoms with Gasteiger partial charge in [-0.25, -0.2) is 4.98 Å². The van der Waals surface area contributed by atoms with Gasteiger partial charge in [0.05, 0.1) is 22.5 Å². The van der Waals surface area contributed by atoms with Gasteiger partial charge in [0.15, 0.2) is 0 Å². The van der Waals surface area contributed by atoms with Crippen molar-refractivity contribution in [3.05, 3.63) is 45.4 Å². The van der Waals surface area contributed by atoms with Crippen molar-refractivity contribution in [3.63, 3.8) is 0 Å². The Bertz CT molecular complexity index is 692. The number of thiazole rings is 1. The van der Waals surface area contributed by atoms with E-state index in [9.17, 15) is 14.7 Å². The predicted molar refractivity (Wildman–Crippen MR) is 84.0 cm³/mol. The summed E-state index contributed by atoms with van der Waals surface area (Å²) in [5, 5.41) is 14.2. The minimum Gasteiger partial charge on any atom is -0.544 e. The molecule has 5 nitrogen and oxygen atoms in total. The maximum absolute atomic E-state index is 12.3. The molecular weight excluding hydrogens is 300 g/mol. The minimum absolute atomic E-state index is 0.0712. The smallest absolute Gasteiger partial charge is 0.234 e. The van der Waals surface area contributed by atoms with Crippen LogP contribution in [0.2, 0.25) is 0 Å². The molecule has 6 heteroatoms. The largest absolute Gasteiger partial charge is 0.544 e. The van der Waals surface area contributed by atoms with E-state index in [1.54, 1.807) is 13.8 Å². The Morgan fingerprint density at radius 3 is 2.45 bits per heavy atom. The zero-order valence-corrected chi connectivity index (χ0v) is 13.5. The molecule has 0 aliphatic heterocycles. The topological polar surface area (TPSA) is 82.1 Å². The van der Waals surface area contributed by atoms with Crippen LogP contribution in [0.15, 0.2) is 24.3 Å². The van der Waals surface area contributed by atoms with Crippen molar-refractivity contribution in [2.45, 2.75) is 33.1 Å². The minimum atomic E-state index is -1.26. The molecule has 0 spiro atoms. The highest BCUT2D eigenvalue weighted by molar-refractivity contribution is 7.13. The lowest BCUT2D eigenvalue weighted by atomic mass is 10.1. The molecule has 1 N–H and O–H groups in total. The first-order valence-corrected chi connectivity index (χ1v) is 7.82. The maximum atomic E-state index is 12.3. The van der Waals surface area contributed by atoms with E-state index in [1.807, 2.05) is 24.3 Å². The highest BCUT2D eigenvalue weighted by Crippen LogP contribution is 2.25. The number of hydrogen-bond donors (Lipinski definition) is 1. The van der Waals surface area contributed by atoms with Crippen molar-refractivity contribution in [1.82, 2.24) is 4.98 Å². The molecule has 0 saturated carbocycles. The summed E-state index contributed by atoms with van der Waals surface area (Å²) in [5.74, 6) is -2.01. The fourth-order valence-electron chi connectivity index (χ4n) is 1.98. The van der Waals surface area contributed by atoms with E-state index in [0.29, 0.717) is 16.4 Å². The second-order valence-electron chi connectivity index (χ2n) is 5.02. The molecule has 0 aliphatic rings. The number of carboxylic acid groups (broad SMARTS) is 1. The lowest BCUT2D eigenvalue weighted by Crippen LogP contribution is -2.21. The summed E-state index contributed by atoms with van der Waals surface area (Å²) in [4.78, 5) is 27.4. The molecule has 0 saturated heterocycles. The Balaban J connectivity index is 2.11. The summed E-state index contributed by atoms with van der Waals surface area (Å²) in [6.07, 6.45) is 0.940. The Morgan fingerprint density at radius 1 is 1.32 bits per heavy atom. The molecule has 1 atom stereocenters. The van der Waals surface area contributed by atoms with Crippen LogP contribution in [-0.4, -0.2) is 16.9 Å². The van der Waals surface area contributed by atoms with Gasteiger partial charge in [0.25, 0.3) is 0 Å². The van der Waals surface area contributed by atoms with Gasteiger partial charge in [0.2, 0.25) is 5.91 Å². The first kappa shape index (κ1) is 16.2. The molecule has 1 amide bonds. The molecule has 0 radical (unpaired) electrons. The number of hydrogen-bond acceptors (Lipinski definition) is 5. The quantitative estimate of drug-likeness (QED) is 0.915. The maximum Gasteiger partial charge on any atom is 0.234 e. The van der Waals surface area contributed by atoms with Gasteiger partial charge in [0, 0.05) is 5.69 Å². The van der Waals surface area contributed by atoms with Gasteiger partial charge in [-0.1, -0.05) is 19.1 Å². The average molecular weight is 317 g/mol. The summed E-state index contributed by atoms with van der Waals surface area (Å²) >= 11 is 0.987. The van der Waals surface area contributed by atoms with Gasteiger partial charge in [-0.3, -0.25) is 4.79 Å². The number of rotatable bonds is 5. The van der Waals surface area contributed by atoms with E-state index < -0.39 is 11.9 Å². The van der Waals surface area contributed by atoms with Crippen LogP contribution in [0.4, 0.5) is 5.69 Å². The first-order valence-electron chi connectivity index (χ1n) is 7.00. The summed E-state index contributed by atoms with van der Waals surface area (Å²) in [6.45, 7) is 5.36. The molecule has 0 fully saturated rings. The number of aryl methyl sites for hydroxylation is 2. The van der Waals surface area contributed by atoms with E-state index in [0.717, 1.165) is 17.8 Å². The first-order chi connectivity index (χ1) is 10.4. The van der Waals surface area contributed by atoms with Crippen molar-refractivity contribution in [3.8, 4) is 0 Å². The van der Waals surface area contributed by atoms with E-state index in [-0.39, 0.29) is 10.8 Å². The number of amides is 1. The van der Waals surface area contributed by atoms with Crippen molar-refractivity contribution >= 4 is 28.9 Å². The van der Waals surface area contributed by atoms with Gasteiger partial charge in [-0.05, 0) is 38.0 Å². The number of anilines is 1. The van der Waals surface area contributed by atoms with Crippen LogP contribution >= 0.6 is 11.3 Å². The van der Waals surface area contributed by atoms with Crippen LogP contribution in [0, 0.1) is 6.92 Å². The summed E-state index contributed by atoms with van der Waals surface area (Å²) in [5.41, 5.74) is 2.29. The van der Waals surface area contributed by atoms with E-state index >= 15 is 0 Å². The fraction of sp³-hybridized carbons (Fsp3) is 0.312. The zero-order valence-electron chi connectivity index (χ0n) is 12.7. The van der Waals surface area contributed by atoms with E-state index in [4.69, 9.17) is 0 Å². The summed E-state index contributed by atoms with van der Waals surface area (Å²) in [6, 6.07) is 7.62. The molecule has 0 unspecified atom stereocenters. The average Bonchev–Trinajstić information content (AvgIpc) is 2.89. The van der Waals surface area contributed by atoms with Crippen LogP contribution < -0.4 is 10.4 Å².